The van der Waals surface area contributed by atoms with E-state index in [0.29, 0.717) is 30.0 Å². The normalized spacial score (nSPS) is 34.8. The Balaban J connectivity index is 1.35. The Morgan fingerprint density at radius 2 is 1.78 bits per heavy atom. The molecule has 3 heteroatoms. The maximum Gasteiger partial charge on any atom is 0.126 e. The second-order valence-electron chi connectivity index (χ2n) is 10.2. The molecule has 2 aliphatic carbocycles. The van der Waals surface area contributed by atoms with Crippen LogP contribution in [0.2, 0.25) is 0 Å². The van der Waals surface area contributed by atoms with Crippen LogP contribution in [0.3, 0.4) is 0 Å². The van der Waals surface area contributed by atoms with Gasteiger partial charge in [0.25, 0.3) is 0 Å². The lowest BCUT2D eigenvalue weighted by Gasteiger charge is -2.37. The van der Waals surface area contributed by atoms with Crippen LogP contribution >= 0.6 is 0 Å². The van der Waals surface area contributed by atoms with E-state index in [1.54, 1.807) is 0 Å². The first kappa shape index (κ1) is 19.4. The zero-order chi connectivity index (χ0) is 19.1. The van der Waals surface area contributed by atoms with Gasteiger partial charge in [0.1, 0.15) is 19.2 Å². The van der Waals surface area contributed by atoms with E-state index >= 15 is 0 Å². The van der Waals surface area contributed by atoms with Gasteiger partial charge >= 0.3 is 0 Å². The molecule has 3 nitrogen and oxygen atoms in total. The van der Waals surface area contributed by atoms with E-state index in [0.717, 1.165) is 23.5 Å². The summed E-state index contributed by atoms with van der Waals surface area (Å²) in [6.45, 7) is 12.0. The minimum Gasteiger partial charge on any atom is -0.385 e. The average molecular weight is 373 g/mol. The third-order valence-corrected chi connectivity index (χ3v) is 8.20. The monoisotopic (exact) mass is 372 g/mol. The van der Waals surface area contributed by atoms with Crippen LogP contribution in [0.15, 0.2) is 30.3 Å². The maximum atomic E-state index is 10.9. The number of fused-ring (bicyclic) bond motifs is 2. The average Bonchev–Trinajstić information content (AvgIpc) is 3.25. The molecule has 1 N–H and O–H groups in total. The number of hydrogen-bond acceptors (Lipinski definition) is 2. The van der Waals surface area contributed by atoms with Crippen LogP contribution in [0.4, 0.5) is 0 Å². The number of benzene rings is 1. The first-order chi connectivity index (χ1) is 12.9. The second-order valence-corrected chi connectivity index (χ2v) is 10.2. The summed E-state index contributed by atoms with van der Waals surface area (Å²) in [5.74, 6) is 2.09. The number of quaternary nitrogens is 1. The SMILES string of the molecule is C[C@@H]1[C@H](OC[C@@H](O)C[N+]2(Cc3ccccc3)CCCC2)[C@H]2CC[C@H]1C2(C)C. The van der Waals surface area contributed by atoms with Crippen molar-refractivity contribution in [2.75, 3.05) is 26.2 Å². The molecule has 4 rings (SSSR count). The number of nitrogens with zero attached hydrogens (tertiary/aromatic N) is 1. The summed E-state index contributed by atoms with van der Waals surface area (Å²) in [6, 6.07) is 10.8. The van der Waals surface area contributed by atoms with Gasteiger partial charge in [-0.05, 0) is 36.0 Å². The van der Waals surface area contributed by atoms with Crippen LogP contribution in [0, 0.1) is 23.2 Å². The third kappa shape index (κ3) is 3.71. The van der Waals surface area contributed by atoms with Crippen molar-refractivity contribution in [2.24, 2.45) is 23.2 Å². The maximum absolute atomic E-state index is 10.9. The second kappa shape index (κ2) is 7.50. The first-order valence-corrected chi connectivity index (χ1v) is 11.1. The van der Waals surface area contributed by atoms with Crippen molar-refractivity contribution < 1.29 is 14.3 Å². The molecule has 0 amide bonds. The van der Waals surface area contributed by atoms with Gasteiger partial charge in [-0.3, -0.25) is 0 Å². The molecule has 0 spiro atoms. The molecule has 2 bridgehead atoms. The lowest BCUT2D eigenvalue weighted by molar-refractivity contribution is -0.932. The molecule has 1 saturated heterocycles. The fourth-order valence-corrected chi connectivity index (χ4v) is 6.87. The fraction of sp³-hybridized carbons (Fsp3) is 0.750. The molecule has 5 atom stereocenters. The molecule has 150 valence electrons. The van der Waals surface area contributed by atoms with Gasteiger partial charge in [0.05, 0.1) is 25.8 Å². The van der Waals surface area contributed by atoms with Crippen LogP contribution < -0.4 is 0 Å². The summed E-state index contributed by atoms with van der Waals surface area (Å²) in [6.07, 6.45) is 5.20. The molecule has 0 aromatic heterocycles. The van der Waals surface area contributed by atoms with Gasteiger partial charge < -0.3 is 14.3 Å². The van der Waals surface area contributed by atoms with Gasteiger partial charge in [-0.1, -0.05) is 51.1 Å². The van der Waals surface area contributed by atoms with Gasteiger partial charge in [-0.25, -0.2) is 0 Å². The Hall–Kier alpha value is -0.900. The van der Waals surface area contributed by atoms with Crippen molar-refractivity contribution in [1.82, 2.24) is 0 Å². The minimum absolute atomic E-state index is 0.342. The molecular weight excluding hydrogens is 334 g/mol. The van der Waals surface area contributed by atoms with E-state index in [1.165, 1.54) is 44.3 Å². The number of rotatable bonds is 7. The summed E-state index contributed by atoms with van der Waals surface area (Å²) in [5, 5.41) is 10.9. The Kier molecular flexibility index (Phi) is 5.39. The summed E-state index contributed by atoms with van der Waals surface area (Å²) >= 11 is 0. The van der Waals surface area contributed by atoms with Gasteiger partial charge in [0, 0.05) is 18.4 Å². The number of aliphatic hydroxyl groups excluding tert-OH is 1. The van der Waals surface area contributed by atoms with Gasteiger partial charge in [0.15, 0.2) is 0 Å². The van der Waals surface area contributed by atoms with Crippen LogP contribution in [-0.4, -0.2) is 48.0 Å². The van der Waals surface area contributed by atoms with Gasteiger partial charge in [-0.15, -0.1) is 0 Å². The zero-order valence-electron chi connectivity index (χ0n) is 17.4. The molecule has 0 unspecified atom stereocenters. The van der Waals surface area contributed by atoms with Crippen molar-refractivity contribution in [3.8, 4) is 0 Å². The van der Waals surface area contributed by atoms with Crippen molar-refractivity contribution >= 4 is 0 Å². The molecule has 1 aliphatic heterocycles. The highest BCUT2D eigenvalue weighted by Gasteiger charge is 2.58. The Bertz CT molecular complexity index is 623. The van der Waals surface area contributed by atoms with Crippen LogP contribution in [0.25, 0.3) is 0 Å². The lowest BCUT2D eigenvalue weighted by atomic mass is 9.80. The van der Waals surface area contributed by atoms with E-state index in [2.05, 4.69) is 51.1 Å². The van der Waals surface area contributed by atoms with Crippen LogP contribution in [0.1, 0.15) is 52.0 Å². The predicted octanol–water partition coefficient (Wildman–Crippen LogP) is 4.25. The molecule has 3 aliphatic rings. The first-order valence-electron chi connectivity index (χ1n) is 11.1. The summed E-state index contributed by atoms with van der Waals surface area (Å²) < 4.78 is 7.41. The van der Waals surface area contributed by atoms with E-state index in [4.69, 9.17) is 4.74 Å². The van der Waals surface area contributed by atoms with Gasteiger partial charge in [0.2, 0.25) is 0 Å². The largest absolute Gasteiger partial charge is 0.385 e. The molecule has 1 heterocycles. The lowest BCUT2D eigenvalue weighted by Crippen LogP contribution is -2.50. The number of hydrogen-bond donors (Lipinski definition) is 1. The number of aliphatic hydroxyl groups is 1. The van der Waals surface area contributed by atoms with E-state index < -0.39 is 0 Å². The molecule has 1 aromatic carbocycles. The van der Waals surface area contributed by atoms with Gasteiger partial charge in [-0.2, -0.15) is 0 Å². The molecule has 2 saturated carbocycles. The summed E-state index contributed by atoms with van der Waals surface area (Å²) in [7, 11) is 0. The highest BCUT2D eigenvalue weighted by atomic mass is 16.5. The van der Waals surface area contributed by atoms with Crippen molar-refractivity contribution in [3.05, 3.63) is 35.9 Å². The molecule has 0 radical (unpaired) electrons. The third-order valence-electron chi connectivity index (χ3n) is 8.20. The molecule has 3 fully saturated rings. The quantitative estimate of drug-likeness (QED) is 0.725. The van der Waals surface area contributed by atoms with Crippen LogP contribution in [-0.2, 0) is 11.3 Å². The van der Waals surface area contributed by atoms with E-state index in [9.17, 15) is 5.11 Å². The summed E-state index contributed by atoms with van der Waals surface area (Å²) in [5.41, 5.74) is 1.79. The Labute approximate surface area is 165 Å². The highest BCUT2D eigenvalue weighted by Crippen LogP contribution is 2.60. The predicted molar refractivity (Wildman–Crippen MR) is 109 cm³/mol. The number of ether oxygens (including phenoxy) is 1. The van der Waals surface area contributed by atoms with Crippen molar-refractivity contribution in [2.45, 2.75) is 65.2 Å². The highest BCUT2D eigenvalue weighted by molar-refractivity contribution is 5.13. The van der Waals surface area contributed by atoms with Crippen molar-refractivity contribution in [1.29, 1.82) is 0 Å². The Morgan fingerprint density at radius 3 is 2.41 bits per heavy atom. The fourth-order valence-electron chi connectivity index (χ4n) is 6.87. The number of likely N-dealkylation sites (tertiary alicyclic amines) is 1. The smallest absolute Gasteiger partial charge is 0.126 e. The zero-order valence-corrected chi connectivity index (χ0v) is 17.4. The van der Waals surface area contributed by atoms with E-state index in [1.807, 2.05) is 0 Å². The molecule has 27 heavy (non-hydrogen) atoms. The minimum atomic E-state index is -0.360. The topological polar surface area (TPSA) is 29.5 Å². The molecular formula is C24H38NO2+. The summed E-state index contributed by atoms with van der Waals surface area (Å²) in [4.78, 5) is 0. The van der Waals surface area contributed by atoms with Crippen molar-refractivity contribution in [3.63, 3.8) is 0 Å². The Morgan fingerprint density at radius 1 is 1.11 bits per heavy atom. The molecule has 1 aromatic rings. The standard InChI is InChI=1S/C24H38NO2/c1-18-21-11-12-22(24(21,2)3)23(18)27-17-20(26)16-25(13-7-8-14-25)15-19-9-5-4-6-10-19/h4-6,9-10,18,20-23,26H,7-8,11-17H2,1-3H3/q+1/t18-,20-,21+,22+,23-/m0/s1. The van der Waals surface area contributed by atoms with Crippen LogP contribution in [0.5, 0.6) is 0 Å². The van der Waals surface area contributed by atoms with E-state index in [-0.39, 0.29) is 6.10 Å².